The number of carbonyl (C=O) groups excluding carboxylic acids is 1. The van der Waals surface area contributed by atoms with E-state index in [1.165, 1.54) is 44.5 Å². The molecule has 0 saturated heterocycles. The summed E-state index contributed by atoms with van der Waals surface area (Å²) in [7, 11) is -0.825. The number of thiocarbonyl (C=S) groups is 1. The third kappa shape index (κ3) is 5.57. The topological polar surface area (TPSA) is 117 Å². The standard InChI is InChI=1S/C18H21N3O5S2/c1-19-18(27)21-28(24,25)14-5-3-4-12(10-14)8-9-20-17(23)15-11-13(22)6-7-16(15)26-2/h3-7,10-11,22H,8-9H2,1-2H3,(H,20,23)(H2,19,21,27). The molecule has 0 aromatic heterocycles. The Hall–Kier alpha value is -2.85. The Bertz CT molecular complexity index is 977. The molecular weight excluding hydrogens is 402 g/mol. The van der Waals surface area contributed by atoms with Crippen LogP contribution in [0.1, 0.15) is 15.9 Å². The van der Waals surface area contributed by atoms with Crippen LogP contribution in [0.2, 0.25) is 0 Å². The van der Waals surface area contributed by atoms with Gasteiger partial charge in [-0.3, -0.25) is 9.52 Å². The third-order valence-electron chi connectivity index (χ3n) is 3.79. The molecule has 0 saturated carbocycles. The van der Waals surface area contributed by atoms with Gasteiger partial charge < -0.3 is 20.5 Å². The number of aromatic hydroxyl groups is 1. The van der Waals surface area contributed by atoms with Crippen molar-refractivity contribution in [3.8, 4) is 11.5 Å². The summed E-state index contributed by atoms with van der Waals surface area (Å²) in [4.78, 5) is 12.4. The van der Waals surface area contributed by atoms with E-state index in [-0.39, 0.29) is 27.9 Å². The summed E-state index contributed by atoms with van der Waals surface area (Å²) in [6, 6.07) is 10.6. The third-order valence-corrected chi connectivity index (χ3v) is 5.57. The first-order valence-corrected chi connectivity index (χ1v) is 10.1. The number of rotatable bonds is 7. The van der Waals surface area contributed by atoms with E-state index in [0.717, 1.165) is 5.56 Å². The normalized spacial score (nSPS) is 10.8. The number of sulfonamides is 1. The van der Waals surface area contributed by atoms with E-state index >= 15 is 0 Å². The second-order valence-electron chi connectivity index (χ2n) is 5.72. The number of benzene rings is 2. The van der Waals surface area contributed by atoms with Crippen molar-refractivity contribution in [1.82, 2.24) is 15.4 Å². The van der Waals surface area contributed by atoms with Crippen LogP contribution in [0, 0.1) is 0 Å². The number of ether oxygens (including phenoxy) is 1. The highest BCUT2D eigenvalue weighted by molar-refractivity contribution is 7.91. The molecule has 8 nitrogen and oxygen atoms in total. The van der Waals surface area contributed by atoms with Crippen molar-refractivity contribution in [2.75, 3.05) is 20.7 Å². The Morgan fingerprint density at radius 1 is 1.21 bits per heavy atom. The van der Waals surface area contributed by atoms with Crippen molar-refractivity contribution < 1.29 is 23.1 Å². The van der Waals surface area contributed by atoms with E-state index in [1.807, 2.05) is 0 Å². The summed E-state index contributed by atoms with van der Waals surface area (Å²) in [5.41, 5.74) is 0.935. The average molecular weight is 424 g/mol. The fourth-order valence-electron chi connectivity index (χ4n) is 2.39. The number of nitrogens with one attached hydrogen (secondary N) is 3. The molecule has 0 atom stereocenters. The maximum Gasteiger partial charge on any atom is 0.263 e. The lowest BCUT2D eigenvalue weighted by molar-refractivity contribution is 0.0950. The smallest absolute Gasteiger partial charge is 0.263 e. The molecule has 1 amide bonds. The lowest BCUT2D eigenvalue weighted by atomic mass is 10.1. The van der Waals surface area contributed by atoms with Gasteiger partial charge in [0.25, 0.3) is 15.9 Å². The van der Waals surface area contributed by atoms with Crippen LogP contribution in [-0.2, 0) is 16.4 Å². The number of hydrogen-bond acceptors (Lipinski definition) is 6. The zero-order valence-corrected chi connectivity index (χ0v) is 17.0. The van der Waals surface area contributed by atoms with E-state index in [4.69, 9.17) is 17.0 Å². The van der Waals surface area contributed by atoms with Crippen molar-refractivity contribution in [2.24, 2.45) is 0 Å². The molecule has 0 aliphatic rings. The van der Waals surface area contributed by atoms with Crippen molar-refractivity contribution in [1.29, 1.82) is 0 Å². The van der Waals surface area contributed by atoms with Crippen molar-refractivity contribution in [2.45, 2.75) is 11.3 Å². The molecule has 28 heavy (non-hydrogen) atoms. The van der Waals surface area contributed by atoms with Gasteiger partial charge in [0.15, 0.2) is 5.11 Å². The van der Waals surface area contributed by atoms with E-state index in [0.29, 0.717) is 12.2 Å². The predicted octanol–water partition coefficient (Wildman–Crippen LogP) is 1.16. The van der Waals surface area contributed by atoms with Gasteiger partial charge in [-0.25, -0.2) is 8.42 Å². The number of amides is 1. The van der Waals surface area contributed by atoms with Gasteiger partial charge in [-0.05, 0) is 54.5 Å². The maximum atomic E-state index is 12.3. The maximum absolute atomic E-state index is 12.3. The van der Waals surface area contributed by atoms with Crippen LogP contribution in [-0.4, -0.2) is 45.2 Å². The fourth-order valence-corrected chi connectivity index (χ4v) is 3.75. The molecule has 2 aromatic carbocycles. The first-order chi connectivity index (χ1) is 13.3. The summed E-state index contributed by atoms with van der Waals surface area (Å²) in [6.45, 7) is 0.267. The molecule has 0 bridgehead atoms. The van der Waals surface area contributed by atoms with Crippen molar-refractivity contribution in [3.05, 3.63) is 53.6 Å². The Morgan fingerprint density at radius 3 is 2.64 bits per heavy atom. The minimum atomic E-state index is -3.78. The first-order valence-electron chi connectivity index (χ1n) is 8.25. The fraction of sp³-hybridized carbons (Fsp3) is 0.222. The summed E-state index contributed by atoms with van der Waals surface area (Å²) in [6.07, 6.45) is 0.409. The summed E-state index contributed by atoms with van der Waals surface area (Å²) >= 11 is 4.83. The first kappa shape index (κ1) is 21.5. The van der Waals surface area contributed by atoms with Gasteiger partial charge in [-0.1, -0.05) is 12.1 Å². The molecule has 0 radical (unpaired) electrons. The average Bonchev–Trinajstić information content (AvgIpc) is 2.67. The highest BCUT2D eigenvalue weighted by Gasteiger charge is 2.16. The van der Waals surface area contributed by atoms with Gasteiger partial charge in [-0.2, -0.15) is 0 Å². The van der Waals surface area contributed by atoms with Gasteiger partial charge >= 0.3 is 0 Å². The number of hydrogen-bond donors (Lipinski definition) is 4. The molecule has 4 N–H and O–H groups in total. The number of phenolic OH excluding ortho intramolecular Hbond substituents is 1. The molecule has 0 aliphatic carbocycles. The Kier molecular flexibility index (Phi) is 7.18. The second-order valence-corrected chi connectivity index (χ2v) is 7.81. The van der Waals surface area contributed by atoms with E-state index in [1.54, 1.807) is 12.1 Å². The minimum absolute atomic E-state index is 0.00210. The highest BCUT2D eigenvalue weighted by Crippen LogP contribution is 2.23. The lowest BCUT2D eigenvalue weighted by Crippen LogP contribution is -2.37. The Balaban J connectivity index is 2.03. The van der Waals surface area contributed by atoms with Crippen LogP contribution in [0.3, 0.4) is 0 Å². The van der Waals surface area contributed by atoms with Crippen LogP contribution < -0.4 is 20.1 Å². The van der Waals surface area contributed by atoms with Gasteiger partial charge in [0, 0.05) is 13.6 Å². The molecule has 2 aromatic rings. The van der Waals surface area contributed by atoms with Crippen molar-refractivity contribution in [3.63, 3.8) is 0 Å². The molecule has 0 aliphatic heterocycles. The predicted molar refractivity (Wildman–Crippen MR) is 109 cm³/mol. The number of methoxy groups -OCH3 is 1. The summed E-state index contributed by atoms with van der Waals surface area (Å²) < 4.78 is 31.9. The highest BCUT2D eigenvalue weighted by atomic mass is 32.2. The van der Waals surface area contributed by atoms with Gasteiger partial charge in [-0.15, -0.1) is 0 Å². The number of carbonyl (C=O) groups is 1. The molecule has 0 unspecified atom stereocenters. The van der Waals surface area contributed by atoms with Crippen molar-refractivity contribution >= 4 is 33.3 Å². The number of phenols is 1. The summed E-state index contributed by atoms with van der Waals surface area (Å²) in [5.74, 6) is -0.108. The van der Waals surface area contributed by atoms with Gasteiger partial charge in [0.2, 0.25) is 0 Å². The summed E-state index contributed by atoms with van der Waals surface area (Å²) in [5, 5.41) is 14.8. The lowest BCUT2D eigenvalue weighted by Gasteiger charge is -2.11. The minimum Gasteiger partial charge on any atom is -0.508 e. The van der Waals surface area contributed by atoms with Gasteiger partial charge in [0.1, 0.15) is 11.5 Å². The molecule has 2 rings (SSSR count). The van der Waals surface area contributed by atoms with E-state index in [9.17, 15) is 18.3 Å². The molecule has 0 spiro atoms. The van der Waals surface area contributed by atoms with Gasteiger partial charge in [0.05, 0.1) is 17.6 Å². The second kappa shape index (κ2) is 9.38. The molecule has 150 valence electrons. The van der Waals surface area contributed by atoms with Crippen LogP contribution in [0.4, 0.5) is 0 Å². The zero-order chi connectivity index (χ0) is 20.7. The Morgan fingerprint density at radius 2 is 1.96 bits per heavy atom. The zero-order valence-electron chi connectivity index (χ0n) is 15.4. The quantitative estimate of drug-likeness (QED) is 0.494. The SMILES string of the molecule is CNC(=S)NS(=O)(=O)c1cccc(CCNC(=O)c2cc(O)ccc2OC)c1. The van der Waals surface area contributed by atoms with E-state index in [2.05, 4.69) is 15.4 Å². The van der Waals surface area contributed by atoms with E-state index < -0.39 is 15.9 Å². The van der Waals surface area contributed by atoms with Crippen LogP contribution in [0.15, 0.2) is 47.4 Å². The monoisotopic (exact) mass is 423 g/mol. The van der Waals surface area contributed by atoms with Crippen LogP contribution >= 0.6 is 12.2 Å². The largest absolute Gasteiger partial charge is 0.508 e. The molecular formula is C18H21N3O5S2. The molecule has 0 heterocycles. The molecule has 10 heteroatoms. The Labute approximate surface area is 169 Å². The van der Waals surface area contributed by atoms with Crippen LogP contribution in [0.25, 0.3) is 0 Å². The molecule has 0 fully saturated rings. The van der Waals surface area contributed by atoms with Crippen LogP contribution in [0.5, 0.6) is 11.5 Å².